The molecule has 25 heavy (non-hydrogen) atoms. The zero-order chi connectivity index (χ0) is 17.6. The lowest BCUT2D eigenvalue weighted by molar-refractivity contribution is -0.122. The molecule has 3 rings (SSSR count). The number of methoxy groups -OCH3 is 2. The molecule has 8 nitrogen and oxygen atoms in total. The van der Waals surface area contributed by atoms with E-state index in [1.54, 1.807) is 43.8 Å². The molecule has 0 aliphatic heterocycles. The van der Waals surface area contributed by atoms with Crippen molar-refractivity contribution in [1.29, 1.82) is 0 Å². The Morgan fingerprint density at radius 1 is 1.24 bits per heavy atom. The Morgan fingerprint density at radius 3 is 2.80 bits per heavy atom. The summed E-state index contributed by atoms with van der Waals surface area (Å²) in [5.41, 5.74) is 0.725. The first-order chi connectivity index (χ1) is 12.2. The van der Waals surface area contributed by atoms with E-state index in [1.165, 1.54) is 4.80 Å². The molecule has 0 atom stereocenters. The van der Waals surface area contributed by atoms with E-state index in [1.807, 2.05) is 17.5 Å². The van der Waals surface area contributed by atoms with Gasteiger partial charge in [-0.1, -0.05) is 6.07 Å². The number of hydrogen-bond donors (Lipinski definition) is 1. The third-order valence-corrected chi connectivity index (χ3v) is 4.30. The molecule has 0 saturated heterocycles. The maximum atomic E-state index is 12.0. The molecule has 3 aromatic rings. The van der Waals surface area contributed by atoms with Crippen LogP contribution in [-0.2, 0) is 17.9 Å². The number of aromatic nitrogens is 4. The Morgan fingerprint density at radius 2 is 2.08 bits per heavy atom. The van der Waals surface area contributed by atoms with E-state index in [0.29, 0.717) is 23.9 Å². The fourth-order valence-corrected chi connectivity index (χ4v) is 2.83. The number of benzene rings is 1. The summed E-state index contributed by atoms with van der Waals surface area (Å²) < 4.78 is 10.5. The van der Waals surface area contributed by atoms with Gasteiger partial charge >= 0.3 is 0 Å². The van der Waals surface area contributed by atoms with Crippen molar-refractivity contribution in [2.24, 2.45) is 0 Å². The van der Waals surface area contributed by atoms with Gasteiger partial charge in [0.2, 0.25) is 11.7 Å². The van der Waals surface area contributed by atoms with Gasteiger partial charge in [0, 0.05) is 10.4 Å². The van der Waals surface area contributed by atoms with E-state index in [4.69, 9.17) is 9.47 Å². The second-order valence-electron chi connectivity index (χ2n) is 5.07. The highest BCUT2D eigenvalue weighted by atomic mass is 32.1. The smallest absolute Gasteiger partial charge is 0.243 e. The molecule has 0 saturated carbocycles. The van der Waals surface area contributed by atoms with E-state index < -0.39 is 0 Å². The van der Waals surface area contributed by atoms with Crippen molar-refractivity contribution in [3.8, 4) is 22.9 Å². The van der Waals surface area contributed by atoms with Crippen molar-refractivity contribution in [3.05, 3.63) is 40.6 Å². The lowest BCUT2D eigenvalue weighted by atomic mass is 10.2. The molecule has 1 N–H and O–H groups in total. The van der Waals surface area contributed by atoms with E-state index in [-0.39, 0.29) is 12.5 Å². The summed E-state index contributed by atoms with van der Waals surface area (Å²) >= 11 is 1.59. The monoisotopic (exact) mass is 359 g/mol. The van der Waals surface area contributed by atoms with Gasteiger partial charge in [-0.2, -0.15) is 4.80 Å². The van der Waals surface area contributed by atoms with Gasteiger partial charge in [-0.05, 0) is 34.9 Å². The molecule has 0 unspecified atom stereocenters. The third kappa shape index (κ3) is 4.13. The highest BCUT2D eigenvalue weighted by molar-refractivity contribution is 7.09. The Kier molecular flexibility index (Phi) is 5.24. The molecule has 130 valence electrons. The quantitative estimate of drug-likeness (QED) is 0.691. The summed E-state index contributed by atoms with van der Waals surface area (Å²) in [4.78, 5) is 14.3. The lowest BCUT2D eigenvalue weighted by Crippen LogP contribution is -2.27. The van der Waals surface area contributed by atoms with Crippen molar-refractivity contribution < 1.29 is 14.3 Å². The zero-order valence-electron chi connectivity index (χ0n) is 13.8. The van der Waals surface area contributed by atoms with E-state index in [0.717, 1.165) is 10.4 Å². The topological polar surface area (TPSA) is 91.2 Å². The Balaban J connectivity index is 1.64. The Bertz CT molecular complexity index is 847. The summed E-state index contributed by atoms with van der Waals surface area (Å²) in [6, 6.07) is 9.24. The van der Waals surface area contributed by atoms with Crippen molar-refractivity contribution in [2.75, 3.05) is 14.2 Å². The van der Waals surface area contributed by atoms with Crippen LogP contribution in [0.4, 0.5) is 0 Å². The van der Waals surface area contributed by atoms with Gasteiger partial charge in [-0.25, -0.2) is 0 Å². The van der Waals surface area contributed by atoms with Crippen molar-refractivity contribution in [1.82, 2.24) is 25.5 Å². The lowest BCUT2D eigenvalue weighted by Gasteiger charge is -2.07. The van der Waals surface area contributed by atoms with Crippen LogP contribution in [0, 0.1) is 0 Å². The van der Waals surface area contributed by atoms with Crippen LogP contribution in [0.3, 0.4) is 0 Å². The molecular weight excluding hydrogens is 342 g/mol. The number of nitrogens with one attached hydrogen (secondary N) is 1. The van der Waals surface area contributed by atoms with E-state index in [9.17, 15) is 4.79 Å². The van der Waals surface area contributed by atoms with Crippen LogP contribution < -0.4 is 14.8 Å². The van der Waals surface area contributed by atoms with Crippen LogP contribution in [0.15, 0.2) is 35.7 Å². The van der Waals surface area contributed by atoms with Gasteiger partial charge < -0.3 is 14.8 Å². The maximum absolute atomic E-state index is 12.0. The molecule has 0 aliphatic rings. The molecule has 0 bridgehead atoms. The first-order valence-electron chi connectivity index (χ1n) is 7.49. The minimum absolute atomic E-state index is 0.00562. The molecule has 0 fully saturated rings. The molecule has 0 spiro atoms. The standard InChI is InChI=1S/C16H17N5O3S/c1-23-13-6-5-11(8-14(13)24-2)16-18-20-21(19-16)10-15(22)17-9-12-4-3-7-25-12/h3-8H,9-10H2,1-2H3,(H,17,22). The largest absolute Gasteiger partial charge is 0.493 e. The number of amides is 1. The van der Waals surface area contributed by atoms with Crippen molar-refractivity contribution >= 4 is 17.2 Å². The number of carbonyl (C=O) groups is 1. The second-order valence-corrected chi connectivity index (χ2v) is 6.10. The normalized spacial score (nSPS) is 10.5. The van der Waals surface area contributed by atoms with E-state index >= 15 is 0 Å². The average molecular weight is 359 g/mol. The molecule has 0 aliphatic carbocycles. The minimum atomic E-state index is -0.176. The van der Waals surface area contributed by atoms with Crippen LogP contribution in [-0.4, -0.2) is 40.3 Å². The van der Waals surface area contributed by atoms with E-state index in [2.05, 4.69) is 20.7 Å². The van der Waals surface area contributed by atoms with Gasteiger partial charge in [-0.3, -0.25) is 4.79 Å². The summed E-state index contributed by atoms with van der Waals surface area (Å²) in [6.45, 7) is 0.499. The fourth-order valence-electron chi connectivity index (χ4n) is 2.18. The molecular formula is C16H17N5O3S. The minimum Gasteiger partial charge on any atom is -0.493 e. The van der Waals surface area contributed by atoms with Crippen molar-refractivity contribution in [3.63, 3.8) is 0 Å². The number of tetrazole rings is 1. The fraction of sp³-hybridized carbons (Fsp3) is 0.250. The summed E-state index contributed by atoms with van der Waals surface area (Å²) in [7, 11) is 3.13. The Labute approximate surface area is 148 Å². The first-order valence-corrected chi connectivity index (χ1v) is 8.37. The molecule has 1 aromatic carbocycles. The molecule has 0 radical (unpaired) electrons. The van der Waals surface area contributed by atoms with Crippen LogP contribution in [0.5, 0.6) is 11.5 Å². The SMILES string of the molecule is COc1ccc(-c2nnn(CC(=O)NCc3cccs3)n2)cc1OC. The van der Waals surface area contributed by atoms with Gasteiger partial charge in [-0.15, -0.1) is 21.5 Å². The number of ether oxygens (including phenoxy) is 2. The summed E-state index contributed by atoms with van der Waals surface area (Å²) in [5, 5.41) is 16.9. The molecule has 1 amide bonds. The third-order valence-electron chi connectivity index (χ3n) is 3.42. The predicted molar refractivity (Wildman–Crippen MR) is 92.5 cm³/mol. The van der Waals surface area contributed by atoms with Gasteiger partial charge in [0.1, 0.15) is 6.54 Å². The summed E-state index contributed by atoms with van der Waals surface area (Å²) in [6.07, 6.45) is 0. The number of hydrogen-bond acceptors (Lipinski definition) is 7. The number of thiophene rings is 1. The van der Waals surface area contributed by atoms with Crippen LogP contribution >= 0.6 is 11.3 Å². The highest BCUT2D eigenvalue weighted by Gasteiger charge is 2.12. The molecule has 2 heterocycles. The van der Waals surface area contributed by atoms with Crippen molar-refractivity contribution in [2.45, 2.75) is 13.1 Å². The van der Waals surface area contributed by atoms with Gasteiger partial charge in [0.25, 0.3) is 0 Å². The highest BCUT2D eigenvalue weighted by Crippen LogP contribution is 2.30. The maximum Gasteiger partial charge on any atom is 0.243 e. The number of carbonyl (C=O) groups excluding carboxylic acids is 1. The molecule has 2 aromatic heterocycles. The van der Waals surface area contributed by atoms with Crippen LogP contribution in [0.25, 0.3) is 11.4 Å². The van der Waals surface area contributed by atoms with Crippen LogP contribution in [0.1, 0.15) is 4.88 Å². The Hall–Kier alpha value is -2.94. The number of rotatable bonds is 7. The second kappa shape index (κ2) is 7.75. The molecule has 9 heteroatoms. The first kappa shape index (κ1) is 16.9. The van der Waals surface area contributed by atoms with Gasteiger partial charge in [0.05, 0.1) is 20.8 Å². The van der Waals surface area contributed by atoms with Gasteiger partial charge in [0.15, 0.2) is 11.5 Å². The predicted octanol–water partition coefficient (Wildman–Crippen LogP) is 1.74. The number of nitrogens with zero attached hydrogens (tertiary/aromatic N) is 4. The zero-order valence-corrected chi connectivity index (χ0v) is 14.6. The summed E-state index contributed by atoms with van der Waals surface area (Å²) in [5.74, 6) is 1.42. The average Bonchev–Trinajstić information content (AvgIpc) is 3.31. The van der Waals surface area contributed by atoms with Crippen LogP contribution in [0.2, 0.25) is 0 Å².